The fraction of sp³-hybridized carbons (Fsp3) is 0.692. The van der Waals surface area contributed by atoms with E-state index in [2.05, 4.69) is 6.58 Å². The van der Waals surface area contributed by atoms with E-state index >= 15 is 0 Å². The number of ether oxygens (including phenoxy) is 1. The molecule has 0 aliphatic carbocycles. The Kier molecular flexibility index (Phi) is 4.32. The summed E-state index contributed by atoms with van der Waals surface area (Å²) in [4.78, 5) is 25.2. The smallest absolute Gasteiger partial charge is 0.410 e. The number of rotatable bonds is 2. The normalized spacial score (nSPS) is 20.9. The average molecular weight is 239 g/mol. The van der Waals surface area contributed by atoms with Gasteiger partial charge in [0.25, 0.3) is 0 Å². The lowest BCUT2D eigenvalue weighted by molar-refractivity contribution is -0.120. The number of carbonyl (C=O) groups excluding carboxylic acids is 2. The van der Waals surface area contributed by atoms with Crippen LogP contribution in [0.2, 0.25) is 0 Å². The molecule has 4 nitrogen and oxygen atoms in total. The molecular formula is C13H21NO3. The molecule has 0 aromatic heterocycles. The number of hydrogen-bond acceptors (Lipinski definition) is 3. The van der Waals surface area contributed by atoms with E-state index in [4.69, 9.17) is 4.74 Å². The first-order valence-electron chi connectivity index (χ1n) is 6.01. The van der Waals surface area contributed by atoms with Crippen LogP contribution < -0.4 is 0 Å². The van der Waals surface area contributed by atoms with Gasteiger partial charge in [-0.1, -0.05) is 6.58 Å². The molecule has 0 saturated carbocycles. The van der Waals surface area contributed by atoms with Crippen LogP contribution in [-0.4, -0.2) is 35.0 Å². The second-order valence-corrected chi connectivity index (χ2v) is 5.29. The SMILES string of the molecule is C=CC(=O)[C@H]1CCCCN1C(=O)OC(C)(C)C. The van der Waals surface area contributed by atoms with E-state index in [0.29, 0.717) is 13.0 Å². The second-order valence-electron chi connectivity index (χ2n) is 5.29. The highest BCUT2D eigenvalue weighted by Crippen LogP contribution is 2.21. The van der Waals surface area contributed by atoms with Crippen molar-refractivity contribution in [3.8, 4) is 0 Å². The summed E-state index contributed by atoms with van der Waals surface area (Å²) in [5, 5.41) is 0. The van der Waals surface area contributed by atoms with Gasteiger partial charge in [-0.05, 0) is 46.1 Å². The quantitative estimate of drug-likeness (QED) is 0.696. The Bertz CT molecular complexity index is 317. The van der Waals surface area contributed by atoms with Crippen LogP contribution in [0.25, 0.3) is 0 Å². The third kappa shape index (κ3) is 3.88. The lowest BCUT2D eigenvalue weighted by Crippen LogP contribution is -2.49. The van der Waals surface area contributed by atoms with E-state index in [1.165, 1.54) is 11.0 Å². The highest BCUT2D eigenvalue weighted by molar-refractivity contribution is 5.95. The van der Waals surface area contributed by atoms with Crippen molar-refractivity contribution in [3.05, 3.63) is 12.7 Å². The molecule has 1 heterocycles. The number of hydrogen-bond donors (Lipinski definition) is 0. The Balaban J connectivity index is 2.74. The summed E-state index contributed by atoms with van der Waals surface area (Å²) in [6.07, 6.45) is 3.46. The van der Waals surface area contributed by atoms with Crippen LogP contribution in [0, 0.1) is 0 Å². The Labute approximate surface area is 103 Å². The summed E-state index contributed by atoms with van der Waals surface area (Å²) in [7, 11) is 0. The predicted molar refractivity (Wildman–Crippen MR) is 65.8 cm³/mol. The minimum atomic E-state index is -0.531. The molecule has 1 rings (SSSR count). The van der Waals surface area contributed by atoms with Gasteiger partial charge in [0.1, 0.15) is 5.60 Å². The van der Waals surface area contributed by atoms with Crippen LogP contribution in [0.5, 0.6) is 0 Å². The number of likely N-dealkylation sites (tertiary alicyclic amines) is 1. The zero-order valence-electron chi connectivity index (χ0n) is 10.9. The molecule has 1 aliphatic rings. The molecule has 17 heavy (non-hydrogen) atoms. The van der Waals surface area contributed by atoms with Crippen molar-refractivity contribution >= 4 is 11.9 Å². The Morgan fingerprint density at radius 1 is 1.35 bits per heavy atom. The van der Waals surface area contributed by atoms with E-state index in [9.17, 15) is 9.59 Å². The molecule has 0 bridgehead atoms. The fourth-order valence-corrected chi connectivity index (χ4v) is 1.90. The van der Waals surface area contributed by atoms with Crippen molar-refractivity contribution in [2.75, 3.05) is 6.54 Å². The second kappa shape index (κ2) is 5.34. The molecule has 0 N–H and O–H groups in total. The first-order valence-corrected chi connectivity index (χ1v) is 6.01. The first kappa shape index (κ1) is 13.7. The zero-order chi connectivity index (χ0) is 13.1. The minimum Gasteiger partial charge on any atom is -0.444 e. The fourth-order valence-electron chi connectivity index (χ4n) is 1.90. The largest absolute Gasteiger partial charge is 0.444 e. The van der Waals surface area contributed by atoms with Gasteiger partial charge in [0.2, 0.25) is 0 Å². The number of carbonyl (C=O) groups is 2. The maximum Gasteiger partial charge on any atom is 0.410 e. The van der Waals surface area contributed by atoms with Crippen LogP contribution in [-0.2, 0) is 9.53 Å². The summed E-state index contributed by atoms with van der Waals surface area (Å²) in [5.41, 5.74) is -0.531. The molecule has 0 unspecified atom stereocenters. The molecule has 1 aliphatic heterocycles. The number of piperidine rings is 1. The van der Waals surface area contributed by atoms with Gasteiger partial charge in [0.15, 0.2) is 5.78 Å². The highest BCUT2D eigenvalue weighted by Gasteiger charge is 2.33. The minimum absolute atomic E-state index is 0.101. The Hall–Kier alpha value is -1.32. The third-order valence-electron chi connectivity index (χ3n) is 2.66. The van der Waals surface area contributed by atoms with Gasteiger partial charge >= 0.3 is 6.09 Å². The van der Waals surface area contributed by atoms with Crippen LogP contribution in [0.1, 0.15) is 40.0 Å². The van der Waals surface area contributed by atoms with Crippen molar-refractivity contribution in [2.45, 2.75) is 51.7 Å². The number of ketones is 1. The maximum absolute atomic E-state index is 12.0. The lowest BCUT2D eigenvalue weighted by Gasteiger charge is -2.35. The van der Waals surface area contributed by atoms with Crippen LogP contribution in [0.4, 0.5) is 4.79 Å². The molecule has 4 heteroatoms. The van der Waals surface area contributed by atoms with E-state index < -0.39 is 17.7 Å². The van der Waals surface area contributed by atoms with Gasteiger partial charge in [-0.3, -0.25) is 9.69 Å². The van der Waals surface area contributed by atoms with Crippen LogP contribution in [0.15, 0.2) is 12.7 Å². The summed E-state index contributed by atoms with van der Waals surface area (Å²) in [5.74, 6) is -0.101. The maximum atomic E-state index is 12.0. The van der Waals surface area contributed by atoms with Crippen molar-refractivity contribution < 1.29 is 14.3 Å². The molecule has 0 spiro atoms. The monoisotopic (exact) mass is 239 g/mol. The highest BCUT2D eigenvalue weighted by atomic mass is 16.6. The molecule has 0 aromatic carbocycles. The topological polar surface area (TPSA) is 46.6 Å². The molecular weight excluding hydrogens is 218 g/mol. The van der Waals surface area contributed by atoms with Crippen molar-refractivity contribution in [3.63, 3.8) is 0 Å². The molecule has 1 fully saturated rings. The van der Waals surface area contributed by atoms with E-state index in [-0.39, 0.29) is 5.78 Å². The van der Waals surface area contributed by atoms with Crippen molar-refractivity contribution in [1.29, 1.82) is 0 Å². The van der Waals surface area contributed by atoms with E-state index in [1.54, 1.807) is 0 Å². The van der Waals surface area contributed by atoms with Crippen molar-refractivity contribution in [1.82, 2.24) is 4.90 Å². The first-order chi connectivity index (χ1) is 7.85. The summed E-state index contributed by atoms with van der Waals surface area (Å²) < 4.78 is 5.30. The summed E-state index contributed by atoms with van der Waals surface area (Å²) in [6, 6.07) is -0.393. The van der Waals surface area contributed by atoms with Crippen LogP contribution >= 0.6 is 0 Å². The van der Waals surface area contributed by atoms with Gasteiger partial charge in [0, 0.05) is 6.54 Å². The van der Waals surface area contributed by atoms with Gasteiger partial charge in [-0.2, -0.15) is 0 Å². The molecule has 1 atom stereocenters. The molecule has 1 amide bonds. The van der Waals surface area contributed by atoms with Gasteiger partial charge in [0.05, 0.1) is 6.04 Å². The van der Waals surface area contributed by atoms with Crippen molar-refractivity contribution in [2.24, 2.45) is 0 Å². The van der Waals surface area contributed by atoms with Gasteiger partial charge in [-0.15, -0.1) is 0 Å². The Morgan fingerprint density at radius 2 is 2.00 bits per heavy atom. The average Bonchev–Trinajstić information content (AvgIpc) is 2.25. The van der Waals surface area contributed by atoms with Gasteiger partial charge < -0.3 is 4.74 Å². The van der Waals surface area contributed by atoms with E-state index in [0.717, 1.165) is 12.8 Å². The van der Waals surface area contributed by atoms with Gasteiger partial charge in [-0.25, -0.2) is 4.79 Å². The van der Waals surface area contributed by atoms with E-state index in [1.807, 2.05) is 20.8 Å². The number of amides is 1. The standard InChI is InChI=1S/C13H21NO3/c1-5-11(15)10-8-6-7-9-14(10)12(16)17-13(2,3)4/h5,10H,1,6-9H2,2-4H3/t10-/m1/s1. The summed E-state index contributed by atoms with van der Waals surface area (Å²) in [6.45, 7) is 9.51. The Morgan fingerprint density at radius 3 is 2.53 bits per heavy atom. The lowest BCUT2D eigenvalue weighted by atomic mass is 9.99. The third-order valence-corrected chi connectivity index (χ3v) is 2.66. The zero-order valence-corrected chi connectivity index (χ0v) is 10.9. The number of nitrogens with zero attached hydrogens (tertiary/aromatic N) is 1. The molecule has 0 radical (unpaired) electrons. The summed E-state index contributed by atoms with van der Waals surface area (Å²) >= 11 is 0. The molecule has 96 valence electrons. The predicted octanol–water partition coefficient (Wildman–Crippen LogP) is 2.53. The molecule has 0 aromatic rings. The molecule has 1 saturated heterocycles. The van der Waals surface area contributed by atoms with Crippen LogP contribution in [0.3, 0.4) is 0 Å².